The van der Waals surface area contributed by atoms with Crippen LogP contribution in [0.25, 0.3) is 0 Å². The molecule has 0 fully saturated rings. The highest BCUT2D eigenvalue weighted by Gasteiger charge is 2.31. The average Bonchev–Trinajstić information content (AvgIpc) is 1.93. The van der Waals surface area contributed by atoms with Gasteiger partial charge in [0.2, 0.25) is 15.9 Å². The van der Waals surface area contributed by atoms with Crippen LogP contribution in [-0.2, 0) is 14.8 Å². The summed E-state index contributed by atoms with van der Waals surface area (Å²) >= 11 is 0. The predicted octanol–water partition coefficient (Wildman–Crippen LogP) is -0.832. The van der Waals surface area contributed by atoms with E-state index in [4.69, 9.17) is 5.73 Å². The Bertz CT molecular complexity index is 355. The SMILES string of the molecule is CC(C)(N)CNC(=O)C(C)(C)NS(C)(=O)=O. The van der Waals surface area contributed by atoms with Crippen molar-refractivity contribution in [2.75, 3.05) is 12.8 Å². The fraction of sp³-hybridized carbons (Fsp3) is 0.889. The van der Waals surface area contributed by atoms with Crippen LogP contribution >= 0.6 is 0 Å². The van der Waals surface area contributed by atoms with Crippen LogP contribution in [0.1, 0.15) is 27.7 Å². The lowest BCUT2D eigenvalue weighted by Crippen LogP contribution is -2.57. The van der Waals surface area contributed by atoms with Crippen molar-refractivity contribution in [3.63, 3.8) is 0 Å². The van der Waals surface area contributed by atoms with Gasteiger partial charge in [-0.2, -0.15) is 0 Å². The fourth-order valence-corrected chi connectivity index (χ4v) is 2.06. The minimum atomic E-state index is -3.42. The van der Waals surface area contributed by atoms with Gasteiger partial charge in [0.05, 0.1) is 6.26 Å². The van der Waals surface area contributed by atoms with E-state index in [9.17, 15) is 13.2 Å². The Kier molecular flexibility index (Phi) is 4.49. The largest absolute Gasteiger partial charge is 0.353 e. The molecule has 1 amide bonds. The highest BCUT2D eigenvalue weighted by Crippen LogP contribution is 2.04. The second-order valence-corrected chi connectivity index (χ2v) is 6.92. The van der Waals surface area contributed by atoms with Gasteiger partial charge in [-0.3, -0.25) is 4.79 Å². The molecular weight excluding hydrogens is 230 g/mol. The van der Waals surface area contributed by atoms with Crippen molar-refractivity contribution in [2.45, 2.75) is 38.8 Å². The number of sulfonamides is 1. The van der Waals surface area contributed by atoms with E-state index >= 15 is 0 Å². The van der Waals surface area contributed by atoms with Gasteiger partial charge in [0.1, 0.15) is 5.54 Å². The summed E-state index contributed by atoms with van der Waals surface area (Å²) in [4.78, 5) is 11.7. The van der Waals surface area contributed by atoms with Crippen molar-refractivity contribution >= 4 is 15.9 Å². The molecule has 0 saturated heterocycles. The third-order valence-electron chi connectivity index (χ3n) is 1.71. The van der Waals surface area contributed by atoms with Crippen molar-refractivity contribution in [3.05, 3.63) is 0 Å². The molecule has 0 heterocycles. The summed E-state index contributed by atoms with van der Waals surface area (Å²) in [5, 5.41) is 2.59. The van der Waals surface area contributed by atoms with Gasteiger partial charge in [0, 0.05) is 12.1 Å². The van der Waals surface area contributed by atoms with Crippen LogP contribution in [0.5, 0.6) is 0 Å². The zero-order chi connectivity index (χ0) is 13.2. The van der Waals surface area contributed by atoms with E-state index in [0.717, 1.165) is 6.26 Å². The molecule has 0 aliphatic heterocycles. The molecule has 7 heteroatoms. The lowest BCUT2D eigenvalue weighted by Gasteiger charge is -2.26. The second kappa shape index (κ2) is 4.68. The summed E-state index contributed by atoms with van der Waals surface area (Å²) in [5.41, 5.74) is 3.99. The fourth-order valence-electron chi connectivity index (χ4n) is 1.04. The standard InChI is InChI=1S/C9H21N3O3S/c1-8(2,10)6-11-7(13)9(3,4)12-16(5,14)15/h12H,6,10H2,1-5H3,(H,11,13). The van der Waals surface area contributed by atoms with Crippen LogP contribution in [0.4, 0.5) is 0 Å². The molecular formula is C9H21N3O3S. The molecule has 0 aromatic rings. The van der Waals surface area contributed by atoms with Crippen molar-refractivity contribution < 1.29 is 13.2 Å². The Balaban J connectivity index is 4.49. The van der Waals surface area contributed by atoms with Gasteiger partial charge in [0.15, 0.2) is 0 Å². The van der Waals surface area contributed by atoms with E-state index in [-0.39, 0.29) is 6.54 Å². The Morgan fingerprint density at radius 2 is 1.69 bits per heavy atom. The summed E-state index contributed by atoms with van der Waals surface area (Å²) in [6, 6.07) is 0. The molecule has 0 atom stereocenters. The third-order valence-corrected chi connectivity index (χ3v) is 2.59. The Labute approximate surface area is 97.0 Å². The lowest BCUT2D eigenvalue weighted by atomic mass is 10.0. The Morgan fingerprint density at radius 3 is 2.00 bits per heavy atom. The number of rotatable bonds is 5. The van der Waals surface area contributed by atoms with Gasteiger partial charge >= 0.3 is 0 Å². The van der Waals surface area contributed by atoms with Gasteiger partial charge in [-0.05, 0) is 27.7 Å². The number of carbonyl (C=O) groups excluding carboxylic acids is 1. The van der Waals surface area contributed by atoms with Crippen LogP contribution in [-0.4, -0.2) is 38.2 Å². The van der Waals surface area contributed by atoms with E-state index < -0.39 is 27.0 Å². The third kappa shape index (κ3) is 6.76. The first-order valence-electron chi connectivity index (χ1n) is 4.90. The number of carbonyl (C=O) groups is 1. The van der Waals surface area contributed by atoms with Crippen LogP contribution in [0, 0.1) is 0 Å². The first-order chi connectivity index (χ1) is 6.83. The maximum atomic E-state index is 11.7. The van der Waals surface area contributed by atoms with Crippen LogP contribution in [0.2, 0.25) is 0 Å². The molecule has 0 bridgehead atoms. The normalized spacial score (nSPS) is 13.6. The molecule has 0 aliphatic rings. The number of nitrogens with two attached hydrogens (primary N) is 1. The summed E-state index contributed by atoms with van der Waals surface area (Å²) in [5.74, 6) is -0.406. The molecule has 0 saturated carbocycles. The molecule has 0 radical (unpaired) electrons. The summed E-state index contributed by atoms with van der Waals surface area (Å²) in [6.45, 7) is 6.80. The molecule has 4 N–H and O–H groups in total. The second-order valence-electron chi connectivity index (χ2n) is 5.17. The van der Waals surface area contributed by atoms with E-state index in [1.54, 1.807) is 13.8 Å². The quantitative estimate of drug-likeness (QED) is 0.593. The van der Waals surface area contributed by atoms with Crippen molar-refractivity contribution in [1.82, 2.24) is 10.0 Å². The molecule has 0 aromatic carbocycles. The van der Waals surface area contributed by atoms with Crippen LogP contribution in [0.15, 0.2) is 0 Å². The summed E-state index contributed by atoms with van der Waals surface area (Å²) in [6.07, 6.45) is 1.01. The molecule has 6 nitrogen and oxygen atoms in total. The number of hydrogen-bond donors (Lipinski definition) is 3. The summed E-state index contributed by atoms with van der Waals surface area (Å²) in [7, 11) is -3.42. The molecule has 96 valence electrons. The smallest absolute Gasteiger partial charge is 0.240 e. The minimum Gasteiger partial charge on any atom is -0.353 e. The zero-order valence-corrected chi connectivity index (χ0v) is 11.2. The molecule has 0 aromatic heterocycles. The maximum Gasteiger partial charge on any atom is 0.240 e. The van der Waals surface area contributed by atoms with Gasteiger partial charge < -0.3 is 11.1 Å². The van der Waals surface area contributed by atoms with Gasteiger partial charge in [-0.15, -0.1) is 0 Å². The Morgan fingerprint density at radius 1 is 1.25 bits per heavy atom. The molecule has 0 spiro atoms. The average molecular weight is 251 g/mol. The molecule has 16 heavy (non-hydrogen) atoms. The highest BCUT2D eigenvalue weighted by atomic mass is 32.2. The van der Waals surface area contributed by atoms with E-state index in [2.05, 4.69) is 10.0 Å². The lowest BCUT2D eigenvalue weighted by molar-refractivity contribution is -0.126. The highest BCUT2D eigenvalue weighted by molar-refractivity contribution is 7.88. The van der Waals surface area contributed by atoms with Gasteiger partial charge in [0.25, 0.3) is 0 Å². The summed E-state index contributed by atoms with van der Waals surface area (Å²) < 4.78 is 24.3. The molecule has 0 aliphatic carbocycles. The monoisotopic (exact) mass is 251 g/mol. The minimum absolute atomic E-state index is 0.278. The first-order valence-corrected chi connectivity index (χ1v) is 6.79. The number of nitrogens with one attached hydrogen (secondary N) is 2. The molecule has 0 unspecified atom stereocenters. The predicted molar refractivity (Wildman–Crippen MR) is 63.3 cm³/mol. The van der Waals surface area contributed by atoms with Gasteiger partial charge in [-0.1, -0.05) is 0 Å². The van der Waals surface area contributed by atoms with E-state index in [1.807, 2.05) is 0 Å². The van der Waals surface area contributed by atoms with E-state index in [1.165, 1.54) is 13.8 Å². The zero-order valence-electron chi connectivity index (χ0n) is 10.4. The van der Waals surface area contributed by atoms with Crippen LogP contribution in [0.3, 0.4) is 0 Å². The number of hydrogen-bond acceptors (Lipinski definition) is 4. The van der Waals surface area contributed by atoms with Crippen molar-refractivity contribution in [2.24, 2.45) is 5.73 Å². The van der Waals surface area contributed by atoms with Crippen molar-refractivity contribution in [3.8, 4) is 0 Å². The van der Waals surface area contributed by atoms with Crippen LogP contribution < -0.4 is 15.8 Å². The van der Waals surface area contributed by atoms with Gasteiger partial charge in [-0.25, -0.2) is 13.1 Å². The Hall–Kier alpha value is -0.660. The van der Waals surface area contributed by atoms with Crippen molar-refractivity contribution in [1.29, 1.82) is 0 Å². The number of amides is 1. The molecule has 0 rings (SSSR count). The maximum absolute atomic E-state index is 11.7. The van der Waals surface area contributed by atoms with E-state index in [0.29, 0.717) is 0 Å². The topological polar surface area (TPSA) is 101 Å². The first kappa shape index (κ1) is 15.3.